The van der Waals surface area contributed by atoms with Crippen molar-refractivity contribution in [3.8, 4) is 0 Å². The van der Waals surface area contributed by atoms with E-state index in [0.29, 0.717) is 19.3 Å². The van der Waals surface area contributed by atoms with Crippen LogP contribution < -0.4 is 5.73 Å². The Morgan fingerprint density at radius 1 is 0.895 bits per heavy atom. The molecule has 2 rings (SSSR count). The molecule has 1 nitrogen and oxygen atoms in total. The molecular weight excluding hydrogens is 244 g/mol. The lowest BCUT2D eigenvalue weighted by Crippen LogP contribution is -2.10. The Labute approximate surface area is 112 Å². The first kappa shape index (κ1) is 13.7. The summed E-state index contributed by atoms with van der Waals surface area (Å²) in [7, 11) is 0. The van der Waals surface area contributed by atoms with E-state index in [2.05, 4.69) is 0 Å². The minimum absolute atomic E-state index is 0.0870. The molecule has 0 aliphatic carbocycles. The van der Waals surface area contributed by atoms with Crippen molar-refractivity contribution in [2.75, 3.05) is 0 Å². The van der Waals surface area contributed by atoms with Crippen molar-refractivity contribution >= 4 is 0 Å². The van der Waals surface area contributed by atoms with Gasteiger partial charge in [0.15, 0.2) is 0 Å². The van der Waals surface area contributed by atoms with Gasteiger partial charge in [-0.2, -0.15) is 0 Å². The van der Waals surface area contributed by atoms with E-state index in [0.717, 1.165) is 5.56 Å². The Hall–Kier alpha value is -1.74. The first-order valence-corrected chi connectivity index (χ1v) is 6.42. The highest BCUT2D eigenvalue weighted by Gasteiger charge is 2.10. The molecule has 1 atom stereocenters. The van der Waals surface area contributed by atoms with Crippen molar-refractivity contribution in [3.63, 3.8) is 0 Å². The van der Waals surface area contributed by atoms with E-state index in [1.165, 1.54) is 18.2 Å². The zero-order valence-corrected chi connectivity index (χ0v) is 10.7. The molecule has 0 aromatic heterocycles. The predicted octanol–water partition coefficient (Wildman–Crippen LogP) is 3.99. The minimum Gasteiger partial charge on any atom is -0.324 e. The van der Waals surface area contributed by atoms with Crippen LogP contribution in [0.15, 0.2) is 48.5 Å². The highest BCUT2D eigenvalue weighted by atomic mass is 19.1. The Morgan fingerprint density at radius 2 is 1.53 bits per heavy atom. The average molecular weight is 261 g/mol. The zero-order valence-electron chi connectivity index (χ0n) is 10.7. The van der Waals surface area contributed by atoms with Gasteiger partial charge in [-0.25, -0.2) is 8.78 Å². The summed E-state index contributed by atoms with van der Waals surface area (Å²) < 4.78 is 26.9. The molecule has 2 aromatic carbocycles. The van der Waals surface area contributed by atoms with Gasteiger partial charge in [0.05, 0.1) is 0 Å². The summed E-state index contributed by atoms with van der Waals surface area (Å²) in [6.07, 6.45) is 1.74. The fourth-order valence-electron chi connectivity index (χ4n) is 2.14. The molecule has 0 heterocycles. The van der Waals surface area contributed by atoms with Gasteiger partial charge in [-0.3, -0.25) is 0 Å². The van der Waals surface area contributed by atoms with Crippen LogP contribution in [0.4, 0.5) is 8.78 Å². The normalized spacial score (nSPS) is 12.4. The van der Waals surface area contributed by atoms with E-state index in [-0.39, 0.29) is 11.6 Å². The number of hydrogen-bond acceptors (Lipinski definition) is 1. The number of benzene rings is 2. The first-order chi connectivity index (χ1) is 9.18. The van der Waals surface area contributed by atoms with Crippen LogP contribution in [-0.2, 0) is 6.42 Å². The van der Waals surface area contributed by atoms with Crippen molar-refractivity contribution in [1.82, 2.24) is 0 Å². The third-order valence-electron chi connectivity index (χ3n) is 3.23. The minimum atomic E-state index is -0.478. The summed E-state index contributed by atoms with van der Waals surface area (Å²) >= 11 is 0. The molecular formula is C16H17F2N. The Morgan fingerprint density at radius 3 is 2.16 bits per heavy atom. The van der Waals surface area contributed by atoms with Gasteiger partial charge in [0.25, 0.3) is 0 Å². The molecule has 0 fully saturated rings. The molecule has 0 spiro atoms. The van der Waals surface area contributed by atoms with Gasteiger partial charge in [-0.1, -0.05) is 36.4 Å². The third kappa shape index (κ3) is 3.61. The fourth-order valence-corrected chi connectivity index (χ4v) is 2.14. The smallest absolute Gasteiger partial charge is 0.129 e. The SMILES string of the molecule is NC(CCCc1c(F)cccc1F)c1ccccc1. The zero-order chi connectivity index (χ0) is 13.7. The standard InChI is InChI=1S/C16H17F2N/c17-14-9-5-10-15(18)13(14)8-4-11-16(19)12-6-2-1-3-7-12/h1-3,5-7,9-10,16H,4,8,11,19H2. The quantitative estimate of drug-likeness (QED) is 0.865. The lowest BCUT2D eigenvalue weighted by molar-refractivity contribution is 0.535. The van der Waals surface area contributed by atoms with Crippen molar-refractivity contribution in [1.29, 1.82) is 0 Å². The van der Waals surface area contributed by atoms with Gasteiger partial charge in [0, 0.05) is 11.6 Å². The maximum Gasteiger partial charge on any atom is 0.129 e. The molecule has 0 bridgehead atoms. The van der Waals surface area contributed by atoms with Crippen molar-refractivity contribution in [2.45, 2.75) is 25.3 Å². The molecule has 0 aliphatic heterocycles. The predicted molar refractivity (Wildman–Crippen MR) is 72.7 cm³/mol. The van der Waals surface area contributed by atoms with Gasteiger partial charge < -0.3 is 5.73 Å². The second kappa shape index (κ2) is 6.43. The Balaban J connectivity index is 1.90. The van der Waals surface area contributed by atoms with Crippen LogP contribution in [0.1, 0.15) is 30.0 Å². The van der Waals surface area contributed by atoms with Crippen LogP contribution in [0.5, 0.6) is 0 Å². The lowest BCUT2D eigenvalue weighted by atomic mass is 9.99. The van der Waals surface area contributed by atoms with Gasteiger partial charge >= 0.3 is 0 Å². The largest absolute Gasteiger partial charge is 0.324 e. The number of rotatable bonds is 5. The van der Waals surface area contributed by atoms with Crippen molar-refractivity contribution in [2.24, 2.45) is 5.73 Å². The van der Waals surface area contributed by atoms with Gasteiger partial charge in [-0.15, -0.1) is 0 Å². The van der Waals surface area contributed by atoms with E-state index in [9.17, 15) is 8.78 Å². The second-order valence-corrected chi connectivity index (χ2v) is 4.61. The molecule has 0 amide bonds. The molecule has 3 heteroatoms. The van der Waals surface area contributed by atoms with Crippen LogP contribution in [0.25, 0.3) is 0 Å². The fraction of sp³-hybridized carbons (Fsp3) is 0.250. The Kier molecular flexibility index (Phi) is 4.63. The van der Waals surface area contributed by atoms with Crippen LogP contribution in [-0.4, -0.2) is 0 Å². The van der Waals surface area contributed by atoms with Gasteiger partial charge in [0.1, 0.15) is 11.6 Å². The number of halogens is 2. The van der Waals surface area contributed by atoms with Crippen LogP contribution in [0.3, 0.4) is 0 Å². The molecule has 2 aromatic rings. The summed E-state index contributed by atoms with van der Waals surface area (Å²) in [6.45, 7) is 0. The Bertz CT molecular complexity index is 505. The van der Waals surface area contributed by atoms with E-state index in [4.69, 9.17) is 5.73 Å². The van der Waals surface area contributed by atoms with Gasteiger partial charge in [-0.05, 0) is 37.0 Å². The lowest BCUT2D eigenvalue weighted by Gasteiger charge is -2.12. The maximum atomic E-state index is 13.4. The molecule has 0 saturated carbocycles. The van der Waals surface area contributed by atoms with E-state index in [1.807, 2.05) is 30.3 Å². The van der Waals surface area contributed by atoms with E-state index in [1.54, 1.807) is 0 Å². The van der Waals surface area contributed by atoms with E-state index < -0.39 is 11.6 Å². The number of nitrogens with two attached hydrogens (primary N) is 1. The topological polar surface area (TPSA) is 26.0 Å². The highest BCUT2D eigenvalue weighted by Crippen LogP contribution is 2.19. The molecule has 0 radical (unpaired) electrons. The molecule has 1 unspecified atom stereocenters. The third-order valence-corrected chi connectivity index (χ3v) is 3.23. The second-order valence-electron chi connectivity index (χ2n) is 4.61. The van der Waals surface area contributed by atoms with E-state index >= 15 is 0 Å². The maximum absolute atomic E-state index is 13.4. The average Bonchev–Trinajstić information content (AvgIpc) is 2.43. The monoisotopic (exact) mass is 261 g/mol. The molecule has 2 N–H and O–H groups in total. The summed E-state index contributed by atoms with van der Waals surface area (Å²) in [5.41, 5.74) is 7.26. The molecule has 0 saturated heterocycles. The molecule has 0 aliphatic rings. The van der Waals surface area contributed by atoms with Crippen LogP contribution >= 0.6 is 0 Å². The molecule has 100 valence electrons. The summed E-state index contributed by atoms with van der Waals surface area (Å²) in [6, 6.07) is 13.6. The van der Waals surface area contributed by atoms with Crippen molar-refractivity contribution < 1.29 is 8.78 Å². The molecule has 19 heavy (non-hydrogen) atoms. The summed E-state index contributed by atoms with van der Waals surface area (Å²) in [5.74, 6) is -0.957. The summed E-state index contributed by atoms with van der Waals surface area (Å²) in [5, 5.41) is 0. The van der Waals surface area contributed by atoms with Crippen molar-refractivity contribution in [3.05, 3.63) is 71.3 Å². The summed E-state index contributed by atoms with van der Waals surface area (Å²) in [4.78, 5) is 0. The van der Waals surface area contributed by atoms with Crippen LogP contribution in [0.2, 0.25) is 0 Å². The van der Waals surface area contributed by atoms with Crippen LogP contribution in [0, 0.1) is 11.6 Å². The number of hydrogen-bond donors (Lipinski definition) is 1. The van der Waals surface area contributed by atoms with Gasteiger partial charge in [0.2, 0.25) is 0 Å². The highest BCUT2D eigenvalue weighted by molar-refractivity contribution is 5.20. The first-order valence-electron chi connectivity index (χ1n) is 6.42.